The Hall–Kier alpha value is -4.26. The summed E-state index contributed by atoms with van der Waals surface area (Å²) < 4.78 is 34.7. The number of fused-ring (bicyclic) bond motifs is 2. The van der Waals surface area contributed by atoms with E-state index in [1.54, 1.807) is 29.4 Å². The summed E-state index contributed by atoms with van der Waals surface area (Å²) in [6.45, 7) is 4.50. The summed E-state index contributed by atoms with van der Waals surface area (Å²) in [5.41, 5.74) is 7.31. The Morgan fingerprint density at radius 2 is 1.30 bits per heavy atom. The van der Waals surface area contributed by atoms with E-state index < -0.39 is 10.0 Å². The van der Waals surface area contributed by atoms with Crippen LogP contribution >= 0.6 is 0 Å². The van der Waals surface area contributed by atoms with Crippen LogP contribution in [0.2, 0.25) is 0 Å². The minimum absolute atomic E-state index is 0.231. The number of esters is 1. The van der Waals surface area contributed by atoms with Gasteiger partial charge in [-0.15, -0.1) is 0 Å². The zero-order valence-corrected chi connectivity index (χ0v) is 23.2. The van der Waals surface area contributed by atoms with Crippen LogP contribution in [0.15, 0.2) is 108 Å². The quantitative estimate of drug-likeness (QED) is 0.208. The van der Waals surface area contributed by atoms with Crippen LogP contribution in [0.3, 0.4) is 0 Å². The molecule has 5 aromatic carbocycles. The maximum Gasteiger partial charge on any atom is 0.338 e. The highest BCUT2D eigenvalue weighted by Crippen LogP contribution is 2.46. The molecule has 0 amide bonds. The highest BCUT2D eigenvalue weighted by atomic mass is 32.2. The third-order valence-electron chi connectivity index (χ3n) is 7.49. The Balaban J connectivity index is 1.64. The summed E-state index contributed by atoms with van der Waals surface area (Å²) in [5.74, 6) is -0.381. The number of carbonyl (C=O) groups excluding carboxylic acids is 1. The lowest BCUT2D eigenvalue weighted by molar-refractivity contribution is 0.0526. The predicted octanol–water partition coefficient (Wildman–Crippen LogP) is 7.36. The first-order valence-electron chi connectivity index (χ1n) is 13.3. The van der Waals surface area contributed by atoms with Crippen molar-refractivity contribution >= 4 is 26.8 Å². The normalized spacial score (nSPS) is 13.3. The number of ether oxygens (including phenoxy) is 1. The molecule has 0 fully saturated rings. The van der Waals surface area contributed by atoms with Gasteiger partial charge in [-0.3, -0.25) is 0 Å². The van der Waals surface area contributed by atoms with Crippen molar-refractivity contribution in [3.63, 3.8) is 0 Å². The lowest BCUT2D eigenvalue weighted by atomic mass is 9.84. The molecule has 0 aliphatic carbocycles. The molecule has 0 unspecified atom stereocenters. The summed E-state index contributed by atoms with van der Waals surface area (Å²) in [5, 5.41) is 1.86. The van der Waals surface area contributed by atoms with Crippen molar-refractivity contribution in [2.24, 2.45) is 0 Å². The molecule has 0 bridgehead atoms. The number of benzene rings is 5. The van der Waals surface area contributed by atoms with E-state index in [4.69, 9.17) is 4.74 Å². The largest absolute Gasteiger partial charge is 0.462 e. The molecule has 0 saturated carbocycles. The molecule has 1 heterocycles. The van der Waals surface area contributed by atoms with Crippen molar-refractivity contribution < 1.29 is 17.9 Å². The van der Waals surface area contributed by atoms with Crippen LogP contribution in [0.25, 0.3) is 33.0 Å². The second kappa shape index (κ2) is 10.4. The maximum atomic E-state index is 13.9. The van der Waals surface area contributed by atoms with Crippen LogP contribution in [0, 0.1) is 6.92 Å². The molecule has 0 aromatic heterocycles. The first-order valence-corrected chi connectivity index (χ1v) is 14.8. The smallest absolute Gasteiger partial charge is 0.338 e. The molecule has 5 nitrogen and oxygen atoms in total. The summed E-state index contributed by atoms with van der Waals surface area (Å²) in [7, 11) is -3.75. The van der Waals surface area contributed by atoms with Crippen molar-refractivity contribution in [3.8, 4) is 22.3 Å². The minimum atomic E-state index is -3.75. The van der Waals surface area contributed by atoms with Crippen molar-refractivity contribution in [1.82, 2.24) is 4.31 Å². The van der Waals surface area contributed by atoms with Gasteiger partial charge < -0.3 is 4.74 Å². The highest BCUT2D eigenvalue weighted by Gasteiger charge is 2.35. The van der Waals surface area contributed by atoms with Crippen molar-refractivity contribution in [2.75, 3.05) is 6.61 Å². The number of sulfonamides is 1. The third-order valence-corrected chi connectivity index (χ3v) is 9.30. The number of aryl methyl sites for hydroxylation is 1. The molecule has 40 heavy (non-hydrogen) atoms. The average molecular weight is 548 g/mol. The molecular formula is C34H29NO4S. The molecule has 1 aliphatic rings. The fourth-order valence-corrected chi connectivity index (χ4v) is 6.97. The van der Waals surface area contributed by atoms with Crippen LogP contribution in [0.4, 0.5) is 0 Å². The molecule has 0 saturated heterocycles. The lowest BCUT2D eigenvalue weighted by Gasteiger charge is -2.19. The third kappa shape index (κ3) is 4.49. The Kier molecular flexibility index (Phi) is 6.74. The van der Waals surface area contributed by atoms with Crippen molar-refractivity contribution in [3.05, 3.63) is 125 Å². The van der Waals surface area contributed by atoms with E-state index in [2.05, 4.69) is 0 Å². The Bertz CT molecular complexity index is 1830. The Labute approximate surface area is 234 Å². The molecule has 0 atom stereocenters. The lowest BCUT2D eigenvalue weighted by Crippen LogP contribution is -2.25. The molecule has 5 aromatic rings. The van der Waals surface area contributed by atoms with Gasteiger partial charge in [-0.1, -0.05) is 84.4 Å². The first kappa shape index (κ1) is 26.0. The van der Waals surface area contributed by atoms with Gasteiger partial charge in [0.2, 0.25) is 10.0 Å². The number of rotatable bonds is 6. The molecule has 0 N–H and O–H groups in total. The van der Waals surface area contributed by atoms with E-state index in [0.717, 1.165) is 49.7 Å². The van der Waals surface area contributed by atoms with E-state index in [1.165, 1.54) is 0 Å². The second-order valence-electron chi connectivity index (χ2n) is 10.0. The van der Waals surface area contributed by atoms with Gasteiger partial charge in [0.1, 0.15) is 0 Å². The highest BCUT2D eigenvalue weighted by molar-refractivity contribution is 7.89. The second-order valence-corrected chi connectivity index (χ2v) is 11.9. The molecule has 0 radical (unpaired) electrons. The fraction of sp³-hybridized carbons (Fsp3) is 0.147. The molecule has 0 spiro atoms. The zero-order chi connectivity index (χ0) is 27.9. The van der Waals surface area contributed by atoms with Gasteiger partial charge >= 0.3 is 5.97 Å². The monoisotopic (exact) mass is 547 g/mol. The predicted molar refractivity (Wildman–Crippen MR) is 158 cm³/mol. The minimum Gasteiger partial charge on any atom is -0.462 e. The topological polar surface area (TPSA) is 63.7 Å². The first-order chi connectivity index (χ1) is 19.4. The SMILES string of the molecule is CCOC(=O)c1ccc2c(-c3ccccc3)c3c(c(-c4ccccc4)c2c1)CN(S(=O)(=O)c1ccc(C)cc1)C3. The number of hydrogen-bond acceptors (Lipinski definition) is 4. The van der Waals surface area contributed by atoms with Gasteiger partial charge in [0, 0.05) is 13.1 Å². The van der Waals surface area contributed by atoms with Crippen LogP contribution in [0.5, 0.6) is 0 Å². The summed E-state index contributed by atoms with van der Waals surface area (Å²) in [6.07, 6.45) is 0. The van der Waals surface area contributed by atoms with Crippen LogP contribution < -0.4 is 0 Å². The van der Waals surface area contributed by atoms with Gasteiger partial charge in [-0.25, -0.2) is 13.2 Å². The van der Waals surface area contributed by atoms with Crippen LogP contribution in [0.1, 0.15) is 34.0 Å². The van der Waals surface area contributed by atoms with E-state index in [-0.39, 0.29) is 30.6 Å². The van der Waals surface area contributed by atoms with E-state index >= 15 is 0 Å². The molecule has 200 valence electrons. The van der Waals surface area contributed by atoms with Crippen LogP contribution in [-0.2, 0) is 27.8 Å². The Morgan fingerprint density at radius 1 is 0.750 bits per heavy atom. The van der Waals surface area contributed by atoms with E-state index in [1.807, 2.05) is 91.9 Å². The van der Waals surface area contributed by atoms with Gasteiger partial charge in [0.25, 0.3) is 0 Å². The van der Waals surface area contributed by atoms with Gasteiger partial charge in [0.05, 0.1) is 17.1 Å². The van der Waals surface area contributed by atoms with E-state index in [9.17, 15) is 13.2 Å². The van der Waals surface area contributed by atoms with Crippen LogP contribution in [-0.4, -0.2) is 25.3 Å². The molecular weight excluding hydrogens is 518 g/mol. The summed E-state index contributed by atoms with van der Waals surface area (Å²) in [4.78, 5) is 13.1. The summed E-state index contributed by atoms with van der Waals surface area (Å²) >= 11 is 0. The van der Waals surface area contributed by atoms with Gasteiger partial charge in [0.15, 0.2) is 0 Å². The molecule has 6 rings (SSSR count). The van der Waals surface area contributed by atoms with Gasteiger partial charge in [-0.05, 0) is 82.3 Å². The standard InChI is InChI=1S/C34H29NO4S/c1-3-39-34(36)26-16-19-28-29(20-26)33(25-12-8-5-9-13-25)31-22-35(40(37,38)27-17-14-23(2)15-18-27)21-30(31)32(28)24-10-6-4-7-11-24/h4-20H,3,21-22H2,1-2H3. The number of nitrogens with zero attached hydrogens (tertiary/aromatic N) is 1. The molecule has 1 aliphatic heterocycles. The maximum absolute atomic E-state index is 13.9. The van der Waals surface area contributed by atoms with E-state index in [0.29, 0.717) is 5.56 Å². The number of hydrogen-bond donors (Lipinski definition) is 0. The van der Waals surface area contributed by atoms with Gasteiger partial charge in [-0.2, -0.15) is 4.31 Å². The van der Waals surface area contributed by atoms with Crippen molar-refractivity contribution in [2.45, 2.75) is 31.8 Å². The summed E-state index contributed by atoms with van der Waals surface area (Å²) in [6, 6.07) is 32.7. The zero-order valence-electron chi connectivity index (χ0n) is 22.4. The van der Waals surface area contributed by atoms with Crippen molar-refractivity contribution in [1.29, 1.82) is 0 Å². The molecule has 6 heteroatoms. The fourth-order valence-electron chi connectivity index (χ4n) is 5.59. The average Bonchev–Trinajstić information content (AvgIpc) is 3.42. The Morgan fingerprint density at radius 3 is 1.85 bits per heavy atom. The number of carbonyl (C=O) groups is 1.